The highest BCUT2D eigenvalue weighted by atomic mass is 32.2. The monoisotopic (exact) mass is 205 g/mol. The van der Waals surface area contributed by atoms with Crippen molar-refractivity contribution in [2.45, 2.75) is 20.3 Å². The SMILES string of the molecule is CCCNS(=O)(=O)NCC(C)C#N. The largest absolute Gasteiger partial charge is 0.276 e. The molecule has 0 saturated carbocycles. The average molecular weight is 205 g/mol. The Labute approximate surface area is 79.3 Å². The van der Waals surface area contributed by atoms with Crippen molar-refractivity contribution < 1.29 is 8.42 Å². The van der Waals surface area contributed by atoms with Crippen LogP contribution in [0, 0.1) is 17.2 Å². The predicted molar refractivity (Wildman–Crippen MR) is 50.0 cm³/mol. The first-order chi connectivity index (χ1) is 6.02. The van der Waals surface area contributed by atoms with Crippen LogP contribution in [0.15, 0.2) is 0 Å². The fourth-order valence-electron chi connectivity index (χ4n) is 0.568. The number of hydrogen-bond donors (Lipinski definition) is 2. The third-order valence-electron chi connectivity index (χ3n) is 1.34. The Kier molecular flexibility index (Phi) is 5.62. The van der Waals surface area contributed by atoms with E-state index in [1.54, 1.807) is 6.92 Å². The van der Waals surface area contributed by atoms with Gasteiger partial charge >= 0.3 is 0 Å². The molecule has 5 nitrogen and oxygen atoms in total. The summed E-state index contributed by atoms with van der Waals surface area (Å²) in [5.41, 5.74) is 0. The van der Waals surface area contributed by atoms with E-state index in [2.05, 4.69) is 9.44 Å². The number of nitriles is 1. The predicted octanol–water partition coefficient (Wildman–Crippen LogP) is -0.0199. The molecule has 0 spiro atoms. The summed E-state index contributed by atoms with van der Waals surface area (Å²) in [6.45, 7) is 4.09. The zero-order valence-corrected chi connectivity index (χ0v) is 8.69. The van der Waals surface area contributed by atoms with Crippen LogP contribution in [0.4, 0.5) is 0 Å². The summed E-state index contributed by atoms with van der Waals surface area (Å²) in [4.78, 5) is 0. The van der Waals surface area contributed by atoms with Crippen molar-refractivity contribution in [1.29, 1.82) is 5.26 Å². The zero-order valence-electron chi connectivity index (χ0n) is 7.87. The highest BCUT2D eigenvalue weighted by Gasteiger charge is 2.09. The molecule has 0 rings (SSSR count). The summed E-state index contributed by atoms with van der Waals surface area (Å²) >= 11 is 0. The summed E-state index contributed by atoms with van der Waals surface area (Å²) in [5, 5.41) is 8.40. The molecule has 0 radical (unpaired) electrons. The number of nitrogens with one attached hydrogen (secondary N) is 2. The van der Waals surface area contributed by atoms with Gasteiger partial charge in [0.05, 0.1) is 12.0 Å². The van der Waals surface area contributed by atoms with Crippen LogP contribution in [0.3, 0.4) is 0 Å². The van der Waals surface area contributed by atoms with Crippen LogP contribution in [-0.4, -0.2) is 21.5 Å². The van der Waals surface area contributed by atoms with E-state index in [4.69, 9.17) is 5.26 Å². The van der Waals surface area contributed by atoms with Gasteiger partial charge in [0.2, 0.25) is 0 Å². The number of hydrogen-bond acceptors (Lipinski definition) is 3. The summed E-state index contributed by atoms with van der Waals surface area (Å²) in [7, 11) is -3.40. The number of rotatable bonds is 6. The minimum atomic E-state index is -3.40. The Morgan fingerprint density at radius 3 is 2.54 bits per heavy atom. The summed E-state index contributed by atoms with van der Waals surface area (Å²) in [5.74, 6) is -0.307. The minimum Gasteiger partial charge on any atom is -0.202 e. The van der Waals surface area contributed by atoms with Gasteiger partial charge in [0, 0.05) is 13.1 Å². The first kappa shape index (κ1) is 12.4. The second-order valence-corrected chi connectivity index (χ2v) is 4.36. The van der Waals surface area contributed by atoms with E-state index in [-0.39, 0.29) is 12.5 Å². The maximum absolute atomic E-state index is 11.1. The fraction of sp³-hybridized carbons (Fsp3) is 0.857. The van der Waals surface area contributed by atoms with E-state index in [1.165, 1.54) is 0 Å². The molecule has 1 atom stereocenters. The molecule has 0 amide bonds. The molecular formula is C7H15N3O2S. The highest BCUT2D eigenvalue weighted by molar-refractivity contribution is 7.87. The molecule has 0 saturated heterocycles. The van der Waals surface area contributed by atoms with Gasteiger partial charge in [0.1, 0.15) is 0 Å². The lowest BCUT2D eigenvalue weighted by atomic mass is 10.2. The molecule has 0 fully saturated rings. The van der Waals surface area contributed by atoms with E-state index in [1.807, 2.05) is 13.0 Å². The van der Waals surface area contributed by atoms with Gasteiger partial charge in [-0.25, -0.2) is 9.44 Å². The van der Waals surface area contributed by atoms with Crippen molar-refractivity contribution >= 4 is 10.2 Å². The molecule has 0 aromatic carbocycles. The van der Waals surface area contributed by atoms with Gasteiger partial charge in [-0.1, -0.05) is 6.92 Å². The van der Waals surface area contributed by atoms with Crippen LogP contribution in [0.2, 0.25) is 0 Å². The van der Waals surface area contributed by atoms with Crippen LogP contribution in [-0.2, 0) is 10.2 Å². The molecule has 0 heterocycles. The van der Waals surface area contributed by atoms with Gasteiger partial charge in [0.25, 0.3) is 10.2 Å². The van der Waals surface area contributed by atoms with Crippen molar-refractivity contribution in [3.8, 4) is 6.07 Å². The topological polar surface area (TPSA) is 82.0 Å². The van der Waals surface area contributed by atoms with Gasteiger partial charge in [-0.05, 0) is 13.3 Å². The zero-order chi connectivity index (χ0) is 10.3. The standard InChI is InChI=1S/C7H15N3O2S/c1-3-4-9-13(11,12)10-6-7(2)5-8/h7,9-10H,3-4,6H2,1-2H3. The fourth-order valence-corrected chi connectivity index (χ4v) is 1.61. The van der Waals surface area contributed by atoms with Crippen molar-refractivity contribution in [2.24, 2.45) is 5.92 Å². The molecule has 0 aromatic heterocycles. The number of nitrogens with zero attached hydrogens (tertiary/aromatic N) is 1. The first-order valence-corrected chi connectivity index (χ1v) is 5.64. The van der Waals surface area contributed by atoms with Crippen LogP contribution in [0.25, 0.3) is 0 Å². The van der Waals surface area contributed by atoms with Gasteiger partial charge in [-0.2, -0.15) is 13.7 Å². The Morgan fingerprint density at radius 2 is 2.08 bits per heavy atom. The molecule has 0 aliphatic carbocycles. The van der Waals surface area contributed by atoms with E-state index >= 15 is 0 Å². The maximum atomic E-state index is 11.1. The average Bonchev–Trinajstić information content (AvgIpc) is 2.11. The minimum absolute atomic E-state index is 0.148. The molecule has 76 valence electrons. The summed E-state index contributed by atoms with van der Waals surface area (Å²) in [6.07, 6.45) is 0.745. The van der Waals surface area contributed by atoms with Crippen LogP contribution >= 0.6 is 0 Å². The van der Waals surface area contributed by atoms with Crippen molar-refractivity contribution in [3.63, 3.8) is 0 Å². The van der Waals surface area contributed by atoms with Gasteiger partial charge in [0.15, 0.2) is 0 Å². The third-order valence-corrected chi connectivity index (χ3v) is 2.47. The molecule has 2 N–H and O–H groups in total. The second-order valence-electron chi connectivity index (χ2n) is 2.78. The molecule has 0 aromatic rings. The van der Waals surface area contributed by atoms with Crippen molar-refractivity contribution in [3.05, 3.63) is 0 Å². The Hall–Kier alpha value is -0.640. The van der Waals surface area contributed by atoms with Gasteiger partial charge < -0.3 is 0 Å². The molecular weight excluding hydrogens is 190 g/mol. The van der Waals surface area contributed by atoms with Crippen LogP contribution < -0.4 is 9.44 Å². The first-order valence-electron chi connectivity index (χ1n) is 4.15. The summed E-state index contributed by atoms with van der Waals surface area (Å²) < 4.78 is 26.8. The van der Waals surface area contributed by atoms with E-state index < -0.39 is 10.2 Å². The lowest BCUT2D eigenvalue weighted by Gasteiger charge is -2.07. The molecule has 0 bridgehead atoms. The van der Waals surface area contributed by atoms with E-state index in [9.17, 15) is 8.42 Å². The molecule has 6 heteroatoms. The van der Waals surface area contributed by atoms with Crippen LogP contribution in [0.1, 0.15) is 20.3 Å². The maximum Gasteiger partial charge on any atom is 0.276 e. The lowest BCUT2D eigenvalue weighted by molar-refractivity contribution is 0.557. The Morgan fingerprint density at radius 1 is 1.46 bits per heavy atom. The van der Waals surface area contributed by atoms with E-state index in [0.717, 1.165) is 6.42 Å². The normalized spacial score (nSPS) is 13.6. The Balaban J connectivity index is 3.84. The van der Waals surface area contributed by atoms with Crippen LogP contribution in [0.5, 0.6) is 0 Å². The van der Waals surface area contributed by atoms with Gasteiger partial charge in [-0.15, -0.1) is 0 Å². The molecule has 0 aliphatic heterocycles. The Bertz CT molecular complexity index is 268. The van der Waals surface area contributed by atoms with Gasteiger partial charge in [-0.3, -0.25) is 0 Å². The second kappa shape index (κ2) is 5.91. The molecule has 1 unspecified atom stereocenters. The van der Waals surface area contributed by atoms with Crippen molar-refractivity contribution in [1.82, 2.24) is 9.44 Å². The summed E-state index contributed by atoms with van der Waals surface area (Å²) in [6, 6.07) is 1.94. The van der Waals surface area contributed by atoms with E-state index in [0.29, 0.717) is 6.54 Å². The smallest absolute Gasteiger partial charge is 0.202 e. The van der Waals surface area contributed by atoms with Crippen molar-refractivity contribution in [2.75, 3.05) is 13.1 Å². The highest BCUT2D eigenvalue weighted by Crippen LogP contribution is 1.89. The third kappa shape index (κ3) is 6.51. The molecule has 13 heavy (non-hydrogen) atoms. The molecule has 0 aliphatic rings. The lowest BCUT2D eigenvalue weighted by Crippen LogP contribution is -2.38. The quantitative estimate of drug-likeness (QED) is 0.639.